The Morgan fingerprint density at radius 2 is 1.85 bits per heavy atom. The summed E-state index contributed by atoms with van der Waals surface area (Å²) in [7, 11) is 4.94. The molecule has 0 heterocycles. The van der Waals surface area contributed by atoms with E-state index in [0.717, 1.165) is 0 Å². The second-order valence-corrected chi connectivity index (χ2v) is 7.17. The molecule has 20 heavy (non-hydrogen) atoms. The van der Waals surface area contributed by atoms with E-state index in [0.29, 0.717) is 16.9 Å². The Labute approximate surface area is 123 Å². The quantitative estimate of drug-likeness (QED) is 0.780. The van der Waals surface area contributed by atoms with Gasteiger partial charge in [0.1, 0.15) is 5.75 Å². The molecule has 0 aliphatic heterocycles. The van der Waals surface area contributed by atoms with E-state index in [1.165, 1.54) is 11.0 Å². The second kappa shape index (κ2) is 6.45. The van der Waals surface area contributed by atoms with Crippen molar-refractivity contribution in [3.05, 3.63) is 23.3 Å². The van der Waals surface area contributed by atoms with Gasteiger partial charge in [0.2, 0.25) is 5.91 Å². The van der Waals surface area contributed by atoms with Crippen LogP contribution in [0.2, 0.25) is 0 Å². The molecule has 0 unspecified atom stereocenters. The Hall–Kier alpha value is -1.27. The lowest BCUT2D eigenvalue weighted by atomic mass is 10.1. The van der Waals surface area contributed by atoms with Crippen molar-refractivity contribution in [3.8, 4) is 5.75 Å². The maximum absolute atomic E-state index is 11.4. The maximum Gasteiger partial charge on any atom is 0.261 e. The van der Waals surface area contributed by atoms with E-state index in [1.807, 2.05) is 0 Å². The molecule has 5 nitrogen and oxygen atoms in total. The molecule has 0 radical (unpaired) electrons. The summed E-state index contributed by atoms with van der Waals surface area (Å²) in [6, 6.07) is 2.96. The van der Waals surface area contributed by atoms with E-state index < -0.39 is 9.05 Å². The fourth-order valence-corrected chi connectivity index (χ4v) is 2.91. The Kier molecular flexibility index (Phi) is 5.42. The van der Waals surface area contributed by atoms with Gasteiger partial charge in [-0.05, 0) is 37.1 Å². The van der Waals surface area contributed by atoms with Crippen LogP contribution >= 0.6 is 10.7 Å². The topological polar surface area (TPSA) is 63.7 Å². The summed E-state index contributed by atoms with van der Waals surface area (Å²) >= 11 is 0. The Morgan fingerprint density at radius 3 is 2.35 bits per heavy atom. The molecular formula is C13H18ClNO4S. The highest BCUT2D eigenvalue weighted by Gasteiger charge is 2.17. The lowest BCUT2D eigenvalue weighted by Crippen LogP contribution is -2.23. The maximum atomic E-state index is 11.4. The molecule has 0 saturated heterocycles. The lowest BCUT2D eigenvalue weighted by Gasteiger charge is -2.14. The van der Waals surface area contributed by atoms with Crippen molar-refractivity contribution in [2.24, 2.45) is 0 Å². The van der Waals surface area contributed by atoms with Crippen molar-refractivity contribution >= 4 is 25.6 Å². The summed E-state index contributed by atoms with van der Waals surface area (Å²) in [6.07, 6.45) is 0.265. The molecule has 0 bridgehead atoms. The molecule has 112 valence electrons. The third-order valence-electron chi connectivity index (χ3n) is 3.02. The van der Waals surface area contributed by atoms with Crippen LogP contribution in [0.5, 0.6) is 5.75 Å². The molecule has 0 aliphatic carbocycles. The predicted molar refractivity (Wildman–Crippen MR) is 77.8 cm³/mol. The van der Waals surface area contributed by atoms with E-state index in [9.17, 15) is 13.2 Å². The van der Waals surface area contributed by atoms with Gasteiger partial charge in [0.05, 0.1) is 17.9 Å². The fraction of sp³-hybridized carbons (Fsp3) is 0.462. The third kappa shape index (κ3) is 4.11. The van der Waals surface area contributed by atoms with E-state index in [2.05, 4.69) is 0 Å². The first kappa shape index (κ1) is 16.8. The molecule has 1 amide bonds. The zero-order valence-corrected chi connectivity index (χ0v) is 13.5. The van der Waals surface area contributed by atoms with E-state index in [-0.39, 0.29) is 23.8 Å². The van der Waals surface area contributed by atoms with Crippen LogP contribution in [-0.2, 0) is 13.8 Å². The van der Waals surface area contributed by atoms with Gasteiger partial charge >= 0.3 is 0 Å². The van der Waals surface area contributed by atoms with Crippen molar-refractivity contribution in [1.29, 1.82) is 0 Å². The van der Waals surface area contributed by atoms with Gasteiger partial charge in [-0.15, -0.1) is 0 Å². The highest BCUT2D eigenvalue weighted by molar-refractivity contribution is 8.13. The van der Waals surface area contributed by atoms with Crippen LogP contribution in [0.25, 0.3) is 0 Å². The van der Waals surface area contributed by atoms with Crippen molar-refractivity contribution in [2.45, 2.75) is 25.2 Å². The minimum Gasteiger partial charge on any atom is -0.493 e. The van der Waals surface area contributed by atoms with Gasteiger partial charge in [0, 0.05) is 24.8 Å². The van der Waals surface area contributed by atoms with Crippen molar-refractivity contribution in [2.75, 3.05) is 20.7 Å². The van der Waals surface area contributed by atoms with Crippen LogP contribution in [0.1, 0.15) is 17.5 Å². The van der Waals surface area contributed by atoms with Crippen LogP contribution in [0.4, 0.5) is 0 Å². The molecule has 0 fully saturated rings. The largest absolute Gasteiger partial charge is 0.493 e. The molecule has 0 N–H and O–H groups in total. The fourth-order valence-electron chi connectivity index (χ4n) is 1.66. The summed E-state index contributed by atoms with van der Waals surface area (Å²) in [6.45, 7) is 3.66. The number of carbonyl (C=O) groups is 1. The minimum absolute atomic E-state index is 0.0284. The van der Waals surface area contributed by atoms with Gasteiger partial charge in [0.25, 0.3) is 9.05 Å². The molecule has 1 rings (SSSR count). The molecule has 0 spiro atoms. The first-order chi connectivity index (χ1) is 9.14. The number of amides is 1. The van der Waals surface area contributed by atoms with Gasteiger partial charge < -0.3 is 9.64 Å². The third-order valence-corrected chi connectivity index (χ3v) is 4.49. The molecular weight excluding hydrogens is 302 g/mol. The average molecular weight is 320 g/mol. The van der Waals surface area contributed by atoms with Crippen LogP contribution < -0.4 is 4.74 Å². The smallest absolute Gasteiger partial charge is 0.261 e. The van der Waals surface area contributed by atoms with E-state index >= 15 is 0 Å². The summed E-state index contributed by atoms with van der Waals surface area (Å²) in [5.74, 6) is 0.525. The van der Waals surface area contributed by atoms with Gasteiger partial charge in [0.15, 0.2) is 0 Å². The molecule has 7 heteroatoms. The molecule has 0 atom stereocenters. The van der Waals surface area contributed by atoms with Gasteiger partial charge in [-0.25, -0.2) is 8.42 Å². The van der Waals surface area contributed by atoms with E-state index in [1.54, 1.807) is 34.0 Å². The summed E-state index contributed by atoms with van der Waals surface area (Å²) < 4.78 is 28.3. The first-order valence-corrected chi connectivity index (χ1v) is 8.33. The molecule has 0 aliphatic rings. The van der Waals surface area contributed by atoms with Crippen molar-refractivity contribution in [3.63, 3.8) is 0 Å². The van der Waals surface area contributed by atoms with Crippen molar-refractivity contribution in [1.82, 2.24) is 4.90 Å². The standard InChI is InChI=1S/C13H18ClNO4S/c1-9-10(2)12(20(14,17)18)6-5-11(9)19-8-7-13(16)15(3)4/h5-6H,7-8H2,1-4H3. The number of benzene rings is 1. The normalized spacial score (nSPS) is 11.2. The Balaban J connectivity index is 2.84. The molecule has 1 aromatic carbocycles. The lowest BCUT2D eigenvalue weighted by molar-refractivity contribution is -0.129. The van der Waals surface area contributed by atoms with Crippen LogP contribution in [0.3, 0.4) is 0 Å². The average Bonchev–Trinajstić information content (AvgIpc) is 2.32. The number of rotatable bonds is 5. The summed E-state index contributed by atoms with van der Waals surface area (Å²) in [5.41, 5.74) is 1.25. The van der Waals surface area contributed by atoms with Crippen LogP contribution in [0, 0.1) is 13.8 Å². The zero-order chi connectivity index (χ0) is 15.5. The van der Waals surface area contributed by atoms with Crippen LogP contribution in [-0.4, -0.2) is 39.9 Å². The van der Waals surface area contributed by atoms with Gasteiger partial charge in [-0.2, -0.15) is 0 Å². The predicted octanol–water partition coefficient (Wildman–Crippen LogP) is 2.09. The monoisotopic (exact) mass is 319 g/mol. The Morgan fingerprint density at radius 1 is 1.25 bits per heavy atom. The summed E-state index contributed by atoms with van der Waals surface area (Å²) in [5, 5.41) is 0. The number of carbonyl (C=O) groups excluding carboxylic acids is 1. The number of nitrogens with zero attached hydrogens (tertiary/aromatic N) is 1. The van der Waals surface area contributed by atoms with Crippen molar-refractivity contribution < 1.29 is 17.9 Å². The Bertz CT molecular complexity index is 611. The number of halogens is 1. The van der Waals surface area contributed by atoms with E-state index in [4.69, 9.17) is 15.4 Å². The number of hydrogen-bond acceptors (Lipinski definition) is 4. The summed E-state index contributed by atoms with van der Waals surface area (Å²) in [4.78, 5) is 13.0. The molecule has 0 aromatic heterocycles. The number of hydrogen-bond donors (Lipinski definition) is 0. The van der Waals surface area contributed by atoms with Gasteiger partial charge in [-0.3, -0.25) is 4.79 Å². The number of ether oxygens (including phenoxy) is 1. The van der Waals surface area contributed by atoms with Gasteiger partial charge in [-0.1, -0.05) is 0 Å². The zero-order valence-electron chi connectivity index (χ0n) is 11.9. The molecule has 1 aromatic rings. The highest BCUT2D eigenvalue weighted by atomic mass is 35.7. The first-order valence-electron chi connectivity index (χ1n) is 6.02. The minimum atomic E-state index is -3.76. The molecule has 0 saturated carbocycles. The highest BCUT2D eigenvalue weighted by Crippen LogP contribution is 2.29. The van der Waals surface area contributed by atoms with Crippen LogP contribution in [0.15, 0.2) is 17.0 Å². The SMILES string of the molecule is Cc1c(OCCC(=O)N(C)C)ccc(S(=O)(=O)Cl)c1C. The second-order valence-electron chi connectivity index (χ2n) is 4.64.